The molecule has 1 amide bonds. The lowest BCUT2D eigenvalue weighted by Crippen LogP contribution is -2.32. The molecule has 2 aromatic heterocycles. The summed E-state index contributed by atoms with van der Waals surface area (Å²) in [5.74, 6) is 0.126. The van der Waals surface area contributed by atoms with Crippen molar-refractivity contribution in [2.45, 2.75) is 12.2 Å². The van der Waals surface area contributed by atoms with Gasteiger partial charge in [-0.1, -0.05) is 6.07 Å². The van der Waals surface area contributed by atoms with E-state index >= 15 is 0 Å². The molecule has 0 radical (unpaired) electrons. The van der Waals surface area contributed by atoms with Gasteiger partial charge < -0.3 is 15.4 Å². The van der Waals surface area contributed by atoms with Crippen molar-refractivity contribution in [2.75, 3.05) is 19.4 Å². The normalized spacial score (nSPS) is 15.7. The molecule has 1 aliphatic heterocycles. The number of halogens is 4. The fraction of sp³-hybridized carbons (Fsp3) is 0.190. The SMILES string of the molecule is CN(C(=O)c1ccc2nc(N)c3c(Br)ncn3c2c1)C1COc2cc(C(F)(F)F)ccc21. The van der Waals surface area contributed by atoms with Crippen LogP contribution in [0.2, 0.25) is 0 Å². The zero-order valence-electron chi connectivity index (χ0n) is 16.5. The van der Waals surface area contributed by atoms with Crippen molar-refractivity contribution in [1.29, 1.82) is 0 Å². The summed E-state index contributed by atoms with van der Waals surface area (Å²) >= 11 is 3.34. The predicted molar refractivity (Wildman–Crippen MR) is 114 cm³/mol. The summed E-state index contributed by atoms with van der Waals surface area (Å²) in [7, 11) is 1.60. The number of hydrogen-bond acceptors (Lipinski definition) is 5. The number of likely N-dealkylation sites (N-methyl/N-ethyl adjacent to an activating group) is 1. The van der Waals surface area contributed by atoms with E-state index in [0.717, 1.165) is 12.1 Å². The van der Waals surface area contributed by atoms with Gasteiger partial charge in [0.05, 0.1) is 22.6 Å². The standard InChI is InChI=1S/C21H15BrF3N5O2/c1-29(15-8-32-16-7-11(21(23,24)25)3-4-12(15)16)20(31)10-2-5-13-14(6-10)30-9-27-18(22)17(30)19(26)28-13/h2-7,9,15H,8H2,1H3,(H2,26,28). The van der Waals surface area contributed by atoms with Gasteiger partial charge in [0.1, 0.15) is 28.8 Å². The number of nitrogens with zero attached hydrogens (tertiary/aromatic N) is 4. The van der Waals surface area contributed by atoms with Crippen LogP contribution in [0.1, 0.15) is 27.5 Å². The van der Waals surface area contributed by atoms with Gasteiger partial charge in [0.2, 0.25) is 0 Å². The third-order valence-electron chi connectivity index (χ3n) is 5.57. The fourth-order valence-electron chi connectivity index (χ4n) is 3.90. The van der Waals surface area contributed by atoms with Crippen molar-refractivity contribution in [3.8, 4) is 5.75 Å². The van der Waals surface area contributed by atoms with Gasteiger partial charge in [-0.05, 0) is 46.3 Å². The van der Waals surface area contributed by atoms with Crippen LogP contribution in [-0.2, 0) is 6.18 Å². The van der Waals surface area contributed by atoms with Gasteiger partial charge in [-0.15, -0.1) is 0 Å². The second-order valence-electron chi connectivity index (χ2n) is 7.45. The Morgan fingerprint density at radius 2 is 2.06 bits per heavy atom. The predicted octanol–water partition coefficient (Wildman–Crippen LogP) is 4.45. The molecule has 7 nitrogen and oxygen atoms in total. The minimum Gasteiger partial charge on any atom is -0.491 e. The molecule has 1 atom stereocenters. The van der Waals surface area contributed by atoms with Crippen LogP contribution in [0.3, 0.4) is 0 Å². The van der Waals surface area contributed by atoms with Crippen LogP contribution in [0.5, 0.6) is 5.75 Å². The third kappa shape index (κ3) is 3.15. The summed E-state index contributed by atoms with van der Waals surface area (Å²) in [6, 6.07) is 7.82. The summed E-state index contributed by atoms with van der Waals surface area (Å²) in [5.41, 5.74) is 7.97. The van der Waals surface area contributed by atoms with E-state index in [1.165, 1.54) is 11.0 Å². The Morgan fingerprint density at radius 1 is 1.28 bits per heavy atom. The number of amides is 1. The average molecular weight is 506 g/mol. The second-order valence-corrected chi connectivity index (χ2v) is 8.20. The van der Waals surface area contributed by atoms with Crippen molar-refractivity contribution in [1.82, 2.24) is 19.3 Å². The van der Waals surface area contributed by atoms with Crippen molar-refractivity contribution >= 4 is 44.2 Å². The van der Waals surface area contributed by atoms with E-state index in [1.807, 2.05) is 0 Å². The highest BCUT2D eigenvalue weighted by atomic mass is 79.9. The minimum atomic E-state index is -4.46. The molecule has 5 rings (SSSR count). The highest BCUT2D eigenvalue weighted by Crippen LogP contribution is 2.40. The van der Waals surface area contributed by atoms with Gasteiger partial charge >= 0.3 is 6.18 Å². The molecule has 2 aromatic carbocycles. The van der Waals surface area contributed by atoms with Gasteiger partial charge in [0.25, 0.3) is 5.91 Å². The van der Waals surface area contributed by atoms with Crippen LogP contribution in [-0.4, -0.2) is 38.8 Å². The van der Waals surface area contributed by atoms with Gasteiger partial charge in [-0.25, -0.2) is 9.97 Å². The molecule has 32 heavy (non-hydrogen) atoms. The number of benzene rings is 2. The quantitative estimate of drug-likeness (QED) is 0.434. The van der Waals surface area contributed by atoms with Crippen LogP contribution in [0.4, 0.5) is 19.0 Å². The number of aromatic nitrogens is 3. The highest BCUT2D eigenvalue weighted by Gasteiger charge is 2.36. The van der Waals surface area contributed by atoms with E-state index in [0.29, 0.717) is 38.1 Å². The number of carbonyl (C=O) groups is 1. The van der Waals surface area contributed by atoms with Gasteiger partial charge in [-0.3, -0.25) is 9.20 Å². The molecule has 0 saturated heterocycles. The third-order valence-corrected chi connectivity index (χ3v) is 6.15. The Hall–Kier alpha value is -3.34. The maximum absolute atomic E-state index is 13.2. The topological polar surface area (TPSA) is 85.8 Å². The van der Waals surface area contributed by atoms with Crippen LogP contribution >= 0.6 is 15.9 Å². The Bertz CT molecular complexity index is 1400. The summed E-state index contributed by atoms with van der Waals surface area (Å²) in [5, 5.41) is 0. The summed E-state index contributed by atoms with van der Waals surface area (Å²) in [6.45, 7) is 0.0727. The maximum atomic E-state index is 13.2. The average Bonchev–Trinajstić information content (AvgIpc) is 3.35. The molecule has 2 N–H and O–H groups in total. The van der Waals surface area contributed by atoms with E-state index in [1.54, 1.807) is 36.0 Å². The van der Waals surface area contributed by atoms with Gasteiger partial charge in [0.15, 0.2) is 5.82 Å². The van der Waals surface area contributed by atoms with E-state index in [4.69, 9.17) is 10.5 Å². The van der Waals surface area contributed by atoms with Crippen molar-refractivity contribution < 1.29 is 22.7 Å². The largest absolute Gasteiger partial charge is 0.491 e. The van der Waals surface area contributed by atoms with Gasteiger partial charge in [0, 0.05) is 18.2 Å². The van der Waals surface area contributed by atoms with Crippen molar-refractivity contribution in [3.63, 3.8) is 0 Å². The number of anilines is 1. The molecule has 0 fully saturated rings. The molecule has 11 heteroatoms. The highest BCUT2D eigenvalue weighted by molar-refractivity contribution is 9.10. The molecule has 3 heterocycles. The molecule has 164 valence electrons. The number of ether oxygens (including phenoxy) is 1. The van der Waals surface area contributed by atoms with Crippen LogP contribution in [0.15, 0.2) is 47.3 Å². The Kier molecular flexibility index (Phi) is 4.55. The number of rotatable bonds is 2. The molecule has 1 aliphatic rings. The van der Waals surface area contributed by atoms with Crippen LogP contribution < -0.4 is 10.5 Å². The lowest BCUT2D eigenvalue weighted by molar-refractivity contribution is -0.137. The lowest BCUT2D eigenvalue weighted by atomic mass is 10.0. The van der Waals surface area contributed by atoms with Crippen LogP contribution in [0, 0.1) is 0 Å². The zero-order chi connectivity index (χ0) is 22.8. The molecule has 0 bridgehead atoms. The number of imidazole rings is 1. The number of nitrogens with two attached hydrogens (primary N) is 1. The van der Waals surface area contributed by atoms with E-state index in [9.17, 15) is 18.0 Å². The van der Waals surface area contributed by atoms with Crippen molar-refractivity contribution in [3.05, 3.63) is 64.0 Å². The first-order valence-corrected chi connectivity index (χ1v) is 10.3. The smallest absolute Gasteiger partial charge is 0.416 e. The van der Waals surface area contributed by atoms with E-state index in [2.05, 4.69) is 25.9 Å². The second kappa shape index (κ2) is 7.09. The van der Waals surface area contributed by atoms with Crippen LogP contribution in [0.25, 0.3) is 16.6 Å². The maximum Gasteiger partial charge on any atom is 0.416 e. The minimum absolute atomic E-state index is 0.0727. The Labute approximate surface area is 187 Å². The molecule has 0 spiro atoms. The summed E-state index contributed by atoms with van der Waals surface area (Å²) < 4.78 is 46.7. The first-order valence-electron chi connectivity index (χ1n) is 9.48. The first kappa shape index (κ1) is 20.6. The summed E-state index contributed by atoms with van der Waals surface area (Å²) in [4.78, 5) is 23.3. The molecule has 4 aromatic rings. The first-order chi connectivity index (χ1) is 15.1. The fourth-order valence-corrected chi connectivity index (χ4v) is 4.39. The number of alkyl halides is 3. The molecule has 0 aliphatic carbocycles. The number of carbonyl (C=O) groups excluding carboxylic acids is 1. The number of nitrogen functional groups attached to an aromatic ring is 1. The molecule has 0 saturated carbocycles. The van der Waals surface area contributed by atoms with E-state index in [-0.39, 0.29) is 18.3 Å². The zero-order valence-corrected chi connectivity index (χ0v) is 18.1. The van der Waals surface area contributed by atoms with Gasteiger partial charge in [-0.2, -0.15) is 13.2 Å². The molecular formula is C21H15BrF3N5O2. The van der Waals surface area contributed by atoms with E-state index < -0.39 is 17.8 Å². The van der Waals surface area contributed by atoms with Crippen molar-refractivity contribution in [2.24, 2.45) is 0 Å². The molecular weight excluding hydrogens is 491 g/mol. The molecule has 1 unspecified atom stereocenters. The Morgan fingerprint density at radius 3 is 2.81 bits per heavy atom. The monoisotopic (exact) mass is 505 g/mol. The number of hydrogen-bond donors (Lipinski definition) is 1. The number of fused-ring (bicyclic) bond motifs is 4. The Balaban J connectivity index is 1.50. The summed E-state index contributed by atoms with van der Waals surface area (Å²) in [6.07, 6.45) is -2.88. The lowest BCUT2D eigenvalue weighted by Gasteiger charge is -2.24.